The Morgan fingerprint density at radius 3 is 2.95 bits per heavy atom. The lowest BCUT2D eigenvalue weighted by atomic mass is 9.87. The molecule has 1 atom stereocenters. The first kappa shape index (κ1) is 12.1. The Kier molecular flexibility index (Phi) is 2.73. The van der Waals surface area contributed by atoms with Gasteiger partial charge in [-0.05, 0) is 30.5 Å². The fourth-order valence-corrected chi connectivity index (χ4v) is 3.08. The summed E-state index contributed by atoms with van der Waals surface area (Å²) in [4.78, 5) is 11.2. The quantitative estimate of drug-likeness (QED) is 0.900. The third kappa shape index (κ3) is 1.79. The summed E-state index contributed by atoms with van der Waals surface area (Å²) in [6.45, 7) is 0. The first-order valence-corrected chi connectivity index (χ1v) is 6.48. The molecule has 4 nitrogen and oxygen atoms in total. The van der Waals surface area contributed by atoms with E-state index in [4.69, 9.17) is 4.74 Å². The van der Waals surface area contributed by atoms with Gasteiger partial charge in [0.1, 0.15) is 5.75 Å². The standard InChI is InChI=1S/C15H17NO3/c1-16-13-7-9(15(17)18)3-5-11(13)12-6-4-10(19-2)8-14(12)16/h4,6,8-9H,3,5,7H2,1-2H3,(H,17,18). The minimum absolute atomic E-state index is 0.252. The summed E-state index contributed by atoms with van der Waals surface area (Å²) in [7, 11) is 3.66. The van der Waals surface area contributed by atoms with E-state index in [0.717, 1.165) is 29.8 Å². The molecule has 0 fully saturated rings. The van der Waals surface area contributed by atoms with Crippen LogP contribution in [-0.4, -0.2) is 22.8 Å². The van der Waals surface area contributed by atoms with Crippen molar-refractivity contribution in [2.24, 2.45) is 13.0 Å². The van der Waals surface area contributed by atoms with Crippen LogP contribution in [0.5, 0.6) is 5.75 Å². The van der Waals surface area contributed by atoms with Crippen LogP contribution in [0.15, 0.2) is 18.2 Å². The second-order valence-electron chi connectivity index (χ2n) is 5.15. The molecule has 0 bridgehead atoms. The molecular weight excluding hydrogens is 242 g/mol. The molecule has 2 aromatic rings. The van der Waals surface area contributed by atoms with Crippen molar-refractivity contribution >= 4 is 16.9 Å². The number of carboxylic acid groups (broad SMARTS) is 1. The third-order valence-corrected chi connectivity index (χ3v) is 4.18. The van der Waals surface area contributed by atoms with Gasteiger partial charge in [-0.1, -0.05) is 0 Å². The van der Waals surface area contributed by atoms with Gasteiger partial charge >= 0.3 is 5.97 Å². The fraction of sp³-hybridized carbons (Fsp3) is 0.400. The topological polar surface area (TPSA) is 51.5 Å². The van der Waals surface area contributed by atoms with Gasteiger partial charge in [0.05, 0.1) is 18.5 Å². The van der Waals surface area contributed by atoms with Gasteiger partial charge in [-0.2, -0.15) is 0 Å². The highest BCUT2D eigenvalue weighted by Crippen LogP contribution is 2.35. The van der Waals surface area contributed by atoms with E-state index >= 15 is 0 Å². The molecule has 0 radical (unpaired) electrons. The zero-order chi connectivity index (χ0) is 13.6. The normalized spacial score (nSPS) is 18.3. The van der Waals surface area contributed by atoms with Crippen molar-refractivity contribution in [1.82, 2.24) is 4.57 Å². The Balaban J connectivity index is 2.15. The molecule has 0 amide bonds. The predicted molar refractivity (Wildman–Crippen MR) is 72.6 cm³/mol. The monoisotopic (exact) mass is 259 g/mol. The molecule has 3 rings (SSSR count). The average Bonchev–Trinajstić information content (AvgIpc) is 2.71. The van der Waals surface area contributed by atoms with Crippen LogP contribution in [0.4, 0.5) is 0 Å². The van der Waals surface area contributed by atoms with Gasteiger partial charge in [0.15, 0.2) is 0 Å². The number of methoxy groups -OCH3 is 1. The van der Waals surface area contributed by atoms with Crippen molar-refractivity contribution in [3.05, 3.63) is 29.5 Å². The maximum Gasteiger partial charge on any atom is 0.306 e. The number of aromatic nitrogens is 1. The van der Waals surface area contributed by atoms with Crippen LogP contribution in [0.3, 0.4) is 0 Å². The Morgan fingerprint density at radius 2 is 2.26 bits per heavy atom. The fourth-order valence-electron chi connectivity index (χ4n) is 3.08. The van der Waals surface area contributed by atoms with Gasteiger partial charge in [-0.25, -0.2) is 0 Å². The third-order valence-electron chi connectivity index (χ3n) is 4.18. The molecule has 1 aromatic carbocycles. The number of hydrogen-bond donors (Lipinski definition) is 1. The molecule has 0 saturated heterocycles. The number of nitrogens with zero attached hydrogens (tertiary/aromatic N) is 1. The number of aryl methyl sites for hydroxylation is 2. The van der Waals surface area contributed by atoms with E-state index in [2.05, 4.69) is 10.6 Å². The molecule has 4 heteroatoms. The lowest BCUT2D eigenvalue weighted by molar-refractivity contribution is -0.142. The van der Waals surface area contributed by atoms with Crippen LogP contribution in [0, 0.1) is 5.92 Å². The highest BCUT2D eigenvalue weighted by Gasteiger charge is 2.28. The molecule has 1 aromatic heterocycles. The van der Waals surface area contributed by atoms with Crippen molar-refractivity contribution in [2.75, 3.05) is 7.11 Å². The Morgan fingerprint density at radius 1 is 1.47 bits per heavy atom. The summed E-state index contributed by atoms with van der Waals surface area (Å²) in [5.41, 5.74) is 3.58. The second-order valence-corrected chi connectivity index (χ2v) is 5.15. The van der Waals surface area contributed by atoms with Crippen LogP contribution >= 0.6 is 0 Å². The molecule has 1 unspecified atom stereocenters. The highest BCUT2D eigenvalue weighted by atomic mass is 16.5. The first-order valence-electron chi connectivity index (χ1n) is 6.48. The summed E-state index contributed by atoms with van der Waals surface area (Å²) in [6, 6.07) is 6.06. The van der Waals surface area contributed by atoms with Gasteiger partial charge < -0.3 is 14.4 Å². The minimum atomic E-state index is -0.687. The van der Waals surface area contributed by atoms with Gasteiger partial charge in [-0.15, -0.1) is 0 Å². The van der Waals surface area contributed by atoms with Crippen molar-refractivity contribution < 1.29 is 14.6 Å². The predicted octanol–water partition coefficient (Wildman–Crippen LogP) is 2.38. The van der Waals surface area contributed by atoms with Crippen molar-refractivity contribution in [1.29, 1.82) is 0 Å². The molecule has 1 aliphatic rings. The molecule has 1 N–H and O–H groups in total. The number of carbonyl (C=O) groups is 1. The van der Waals surface area contributed by atoms with Crippen LogP contribution < -0.4 is 4.74 Å². The maximum absolute atomic E-state index is 11.2. The van der Waals surface area contributed by atoms with Gasteiger partial charge in [-0.3, -0.25) is 4.79 Å². The summed E-state index contributed by atoms with van der Waals surface area (Å²) in [6.07, 6.45) is 2.20. The smallest absolute Gasteiger partial charge is 0.306 e. The summed E-state index contributed by atoms with van der Waals surface area (Å²) in [5.74, 6) is -0.105. The second kappa shape index (κ2) is 4.30. The zero-order valence-electron chi connectivity index (χ0n) is 11.1. The van der Waals surface area contributed by atoms with E-state index in [0.29, 0.717) is 6.42 Å². The molecule has 19 heavy (non-hydrogen) atoms. The van der Waals surface area contributed by atoms with E-state index in [-0.39, 0.29) is 5.92 Å². The van der Waals surface area contributed by atoms with Crippen LogP contribution in [0.1, 0.15) is 17.7 Å². The van der Waals surface area contributed by atoms with Gasteiger partial charge in [0.25, 0.3) is 0 Å². The van der Waals surface area contributed by atoms with Crippen molar-refractivity contribution in [2.45, 2.75) is 19.3 Å². The molecular formula is C15H17NO3. The van der Waals surface area contributed by atoms with E-state index < -0.39 is 5.97 Å². The molecule has 100 valence electrons. The number of carboxylic acids is 1. The lowest BCUT2D eigenvalue weighted by Crippen LogP contribution is -2.23. The lowest BCUT2D eigenvalue weighted by Gasteiger charge is -2.20. The van der Waals surface area contributed by atoms with E-state index in [1.165, 1.54) is 10.9 Å². The number of fused-ring (bicyclic) bond motifs is 3. The number of aliphatic carboxylic acids is 1. The van der Waals surface area contributed by atoms with Gasteiger partial charge in [0, 0.05) is 30.6 Å². The van der Waals surface area contributed by atoms with E-state index in [1.54, 1.807) is 7.11 Å². The summed E-state index contributed by atoms with van der Waals surface area (Å²) < 4.78 is 7.37. The average molecular weight is 259 g/mol. The maximum atomic E-state index is 11.2. The van der Waals surface area contributed by atoms with Crippen LogP contribution in [-0.2, 0) is 24.7 Å². The first-order chi connectivity index (χ1) is 9.11. The summed E-state index contributed by atoms with van der Waals surface area (Å²) >= 11 is 0. The SMILES string of the molecule is COc1ccc2c3c(n(C)c2c1)CC(C(=O)O)CC3. The van der Waals surface area contributed by atoms with E-state index in [1.807, 2.05) is 19.2 Å². The number of hydrogen-bond acceptors (Lipinski definition) is 2. The Hall–Kier alpha value is -1.97. The Bertz CT molecular complexity index is 657. The highest BCUT2D eigenvalue weighted by molar-refractivity contribution is 5.87. The number of ether oxygens (including phenoxy) is 1. The molecule has 0 aliphatic heterocycles. The molecule has 1 heterocycles. The van der Waals surface area contributed by atoms with Crippen molar-refractivity contribution in [3.63, 3.8) is 0 Å². The largest absolute Gasteiger partial charge is 0.497 e. The minimum Gasteiger partial charge on any atom is -0.497 e. The number of rotatable bonds is 2. The van der Waals surface area contributed by atoms with Crippen molar-refractivity contribution in [3.8, 4) is 5.75 Å². The van der Waals surface area contributed by atoms with Gasteiger partial charge in [0.2, 0.25) is 0 Å². The molecule has 1 aliphatic carbocycles. The molecule has 0 spiro atoms. The van der Waals surface area contributed by atoms with E-state index in [9.17, 15) is 9.90 Å². The Labute approximate surface area is 111 Å². The summed E-state index contributed by atoms with van der Waals surface area (Å²) in [5, 5.41) is 10.4. The number of benzene rings is 1. The van der Waals surface area contributed by atoms with Crippen LogP contribution in [0.25, 0.3) is 10.9 Å². The molecule has 0 saturated carbocycles. The zero-order valence-corrected chi connectivity index (χ0v) is 11.1. The van der Waals surface area contributed by atoms with Crippen LogP contribution in [0.2, 0.25) is 0 Å².